The Kier molecular flexibility index (Phi) is 2.61. The van der Waals surface area contributed by atoms with Crippen LogP contribution >= 0.6 is 0 Å². The van der Waals surface area contributed by atoms with E-state index in [1.54, 1.807) is 0 Å². The van der Waals surface area contributed by atoms with Crippen molar-refractivity contribution in [2.75, 3.05) is 19.6 Å². The summed E-state index contributed by atoms with van der Waals surface area (Å²) < 4.78 is 0. The lowest BCUT2D eigenvalue weighted by Crippen LogP contribution is -2.58. The van der Waals surface area contributed by atoms with E-state index in [1.807, 2.05) is 0 Å². The fourth-order valence-electron chi connectivity index (χ4n) is 3.07. The minimum Gasteiger partial charge on any atom is -0.314 e. The summed E-state index contributed by atoms with van der Waals surface area (Å²) in [4.78, 5) is 2.73. The first-order valence-corrected chi connectivity index (χ1v) is 5.70. The molecule has 1 saturated heterocycles. The van der Waals surface area contributed by atoms with Crippen molar-refractivity contribution in [3.8, 4) is 0 Å². The SMILES string of the molecule is CC1CNCCN1C1(C)CCCC1. The van der Waals surface area contributed by atoms with Crippen LogP contribution in [0.4, 0.5) is 0 Å². The molecule has 0 aromatic rings. The quantitative estimate of drug-likeness (QED) is 0.663. The predicted molar refractivity (Wildman–Crippen MR) is 55.9 cm³/mol. The minimum absolute atomic E-state index is 0.529. The number of nitrogens with one attached hydrogen (secondary N) is 1. The van der Waals surface area contributed by atoms with Gasteiger partial charge >= 0.3 is 0 Å². The summed E-state index contributed by atoms with van der Waals surface area (Å²) in [5.74, 6) is 0. The first-order chi connectivity index (χ1) is 6.22. The molecule has 1 aliphatic carbocycles. The third-order valence-electron chi connectivity index (χ3n) is 3.88. The van der Waals surface area contributed by atoms with Gasteiger partial charge in [0.05, 0.1) is 0 Å². The van der Waals surface area contributed by atoms with Crippen LogP contribution in [0.25, 0.3) is 0 Å². The summed E-state index contributed by atoms with van der Waals surface area (Å²) in [7, 11) is 0. The van der Waals surface area contributed by atoms with E-state index in [0.29, 0.717) is 5.54 Å². The van der Waals surface area contributed by atoms with Crippen molar-refractivity contribution in [2.45, 2.75) is 51.1 Å². The molecule has 0 spiro atoms. The highest BCUT2D eigenvalue weighted by Crippen LogP contribution is 2.36. The smallest absolute Gasteiger partial charge is 0.0198 e. The number of rotatable bonds is 1. The molecule has 0 aromatic heterocycles. The second-order valence-electron chi connectivity index (χ2n) is 4.95. The Morgan fingerprint density at radius 3 is 2.62 bits per heavy atom. The average Bonchev–Trinajstić information content (AvgIpc) is 2.54. The Bertz CT molecular complexity index is 173. The van der Waals surface area contributed by atoms with Gasteiger partial charge < -0.3 is 5.32 Å². The fraction of sp³-hybridized carbons (Fsp3) is 1.00. The molecular weight excluding hydrogens is 160 g/mol. The maximum absolute atomic E-state index is 3.46. The van der Waals surface area contributed by atoms with Gasteiger partial charge in [0.2, 0.25) is 0 Å². The molecule has 2 fully saturated rings. The van der Waals surface area contributed by atoms with E-state index in [4.69, 9.17) is 0 Å². The molecule has 0 amide bonds. The Morgan fingerprint density at radius 2 is 2.00 bits per heavy atom. The van der Waals surface area contributed by atoms with E-state index in [0.717, 1.165) is 6.04 Å². The van der Waals surface area contributed by atoms with Crippen LogP contribution in [0.1, 0.15) is 39.5 Å². The lowest BCUT2D eigenvalue weighted by Gasteiger charge is -2.45. The summed E-state index contributed by atoms with van der Waals surface area (Å²) >= 11 is 0. The van der Waals surface area contributed by atoms with E-state index in [1.165, 1.54) is 45.3 Å². The molecule has 1 N–H and O–H groups in total. The second-order valence-corrected chi connectivity index (χ2v) is 4.95. The Balaban J connectivity index is 2.04. The third kappa shape index (κ3) is 1.75. The van der Waals surface area contributed by atoms with Crippen LogP contribution in [0, 0.1) is 0 Å². The Morgan fingerprint density at radius 1 is 1.31 bits per heavy atom. The molecule has 0 aromatic carbocycles. The van der Waals surface area contributed by atoms with Crippen LogP contribution in [0.2, 0.25) is 0 Å². The highest BCUT2D eigenvalue weighted by Gasteiger charge is 2.37. The van der Waals surface area contributed by atoms with Gasteiger partial charge in [0.1, 0.15) is 0 Å². The molecule has 13 heavy (non-hydrogen) atoms. The Hall–Kier alpha value is -0.0800. The maximum Gasteiger partial charge on any atom is 0.0198 e. The highest BCUT2D eigenvalue weighted by molar-refractivity contribution is 4.95. The number of nitrogens with zero attached hydrogens (tertiary/aromatic N) is 1. The van der Waals surface area contributed by atoms with Gasteiger partial charge in [-0.15, -0.1) is 0 Å². The average molecular weight is 182 g/mol. The zero-order chi connectivity index (χ0) is 9.31. The largest absolute Gasteiger partial charge is 0.314 e. The number of hydrogen-bond acceptors (Lipinski definition) is 2. The predicted octanol–water partition coefficient (Wildman–Crippen LogP) is 1.61. The standard InChI is InChI=1S/C11H22N2/c1-10-9-12-7-8-13(10)11(2)5-3-4-6-11/h10,12H,3-9H2,1-2H3. The van der Waals surface area contributed by atoms with Crippen LogP contribution in [0.15, 0.2) is 0 Å². The van der Waals surface area contributed by atoms with Gasteiger partial charge in [-0.25, -0.2) is 0 Å². The molecule has 1 atom stereocenters. The monoisotopic (exact) mass is 182 g/mol. The normalized spacial score (nSPS) is 35.1. The van der Waals surface area contributed by atoms with Crippen molar-refractivity contribution in [2.24, 2.45) is 0 Å². The highest BCUT2D eigenvalue weighted by atomic mass is 15.3. The molecular formula is C11H22N2. The van der Waals surface area contributed by atoms with Crippen LogP contribution in [-0.2, 0) is 0 Å². The molecule has 2 heteroatoms. The summed E-state index contributed by atoms with van der Waals surface area (Å²) in [6, 6.07) is 0.733. The van der Waals surface area contributed by atoms with Crippen molar-refractivity contribution in [3.05, 3.63) is 0 Å². The van der Waals surface area contributed by atoms with Gasteiger partial charge in [-0.2, -0.15) is 0 Å². The first kappa shape index (κ1) is 9.47. The minimum atomic E-state index is 0.529. The van der Waals surface area contributed by atoms with Gasteiger partial charge in [0.15, 0.2) is 0 Å². The number of piperazine rings is 1. The molecule has 1 saturated carbocycles. The van der Waals surface area contributed by atoms with Crippen LogP contribution in [-0.4, -0.2) is 36.1 Å². The molecule has 0 radical (unpaired) electrons. The zero-order valence-corrected chi connectivity index (χ0v) is 8.97. The second kappa shape index (κ2) is 3.58. The van der Waals surface area contributed by atoms with Gasteiger partial charge in [-0.05, 0) is 26.7 Å². The molecule has 1 aliphatic heterocycles. The first-order valence-electron chi connectivity index (χ1n) is 5.70. The van der Waals surface area contributed by atoms with Crippen LogP contribution in [0.3, 0.4) is 0 Å². The summed E-state index contributed by atoms with van der Waals surface area (Å²) in [5, 5.41) is 3.46. The summed E-state index contributed by atoms with van der Waals surface area (Å²) in [6.45, 7) is 8.42. The Labute approximate surface area is 81.7 Å². The zero-order valence-electron chi connectivity index (χ0n) is 8.97. The van der Waals surface area contributed by atoms with Gasteiger partial charge in [-0.3, -0.25) is 4.90 Å². The van der Waals surface area contributed by atoms with Crippen molar-refractivity contribution in [1.29, 1.82) is 0 Å². The van der Waals surface area contributed by atoms with E-state index in [-0.39, 0.29) is 0 Å². The molecule has 1 unspecified atom stereocenters. The fourth-order valence-corrected chi connectivity index (χ4v) is 3.07. The van der Waals surface area contributed by atoms with E-state index in [2.05, 4.69) is 24.1 Å². The summed E-state index contributed by atoms with van der Waals surface area (Å²) in [5.41, 5.74) is 0.529. The van der Waals surface area contributed by atoms with E-state index in [9.17, 15) is 0 Å². The van der Waals surface area contributed by atoms with Gasteiger partial charge in [-0.1, -0.05) is 12.8 Å². The summed E-state index contributed by atoms with van der Waals surface area (Å²) in [6.07, 6.45) is 5.70. The third-order valence-corrected chi connectivity index (χ3v) is 3.88. The molecule has 0 bridgehead atoms. The topological polar surface area (TPSA) is 15.3 Å². The lowest BCUT2D eigenvalue weighted by atomic mass is 9.95. The molecule has 76 valence electrons. The van der Waals surface area contributed by atoms with Crippen molar-refractivity contribution >= 4 is 0 Å². The molecule has 2 aliphatic rings. The van der Waals surface area contributed by atoms with Crippen molar-refractivity contribution in [1.82, 2.24) is 10.2 Å². The van der Waals surface area contributed by atoms with Crippen LogP contribution < -0.4 is 5.32 Å². The van der Waals surface area contributed by atoms with Gasteiger partial charge in [0, 0.05) is 31.2 Å². The maximum atomic E-state index is 3.46. The molecule has 1 heterocycles. The van der Waals surface area contributed by atoms with E-state index >= 15 is 0 Å². The lowest BCUT2D eigenvalue weighted by molar-refractivity contribution is 0.0493. The van der Waals surface area contributed by atoms with E-state index < -0.39 is 0 Å². The van der Waals surface area contributed by atoms with Gasteiger partial charge in [0.25, 0.3) is 0 Å². The van der Waals surface area contributed by atoms with Crippen LogP contribution in [0.5, 0.6) is 0 Å². The molecule has 2 rings (SSSR count). The molecule has 2 nitrogen and oxygen atoms in total. The number of hydrogen-bond donors (Lipinski definition) is 1. The van der Waals surface area contributed by atoms with Crippen molar-refractivity contribution in [3.63, 3.8) is 0 Å². The van der Waals surface area contributed by atoms with Crippen molar-refractivity contribution < 1.29 is 0 Å².